The van der Waals surface area contributed by atoms with Crippen LogP contribution in [0, 0.1) is 10.8 Å². The lowest BCUT2D eigenvalue weighted by molar-refractivity contribution is -0.135. The highest BCUT2D eigenvalue weighted by Crippen LogP contribution is 2.47. The van der Waals surface area contributed by atoms with Gasteiger partial charge in [-0.2, -0.15) is 0 Å². The van der Waals surface area contributed by atoms with Crippen molar-refractivity contribution in [2.24, 2.45) is 10.8 Å². The number of aromatic amines is 1. The fourth-order valence-electron chi connectivity index (χ4n) is 2.77. The van der Waals surface area contributed by atoms with E-state index in [0.29, 0.717) is 0 Å². The number of aromatic nitrogens is 1. The molecule has 2 N–H and O–H groups in total. The summed E-state index contributed by atoms with van der Waals surface area (Å²) in [6.07, 6.45) is 3.80. The highest BCUT2D eigenvalue weighted by atomic mass is 16.2. The van der Waals surface area contributed by atoms with Gasteiger partial charge in [-0.25, -0.2) is 0 Å². The van der Waals surface area contributed by atoms with E-state index in [9.17, 15) is 9.59 Å². The molecule has 0 spiro atoms. The van der Waals surface area contributed by atoms with E-state index in [-0.39, 0.29) is 22.6 Å². The van der Waals surface area contributed by atoms with Crippen molar-refractivity contribution in [1.29, 1.82) is 0 Å². The van der Waals surface area contributed by atoms with Gasteiger partial charge in [0.2, 0.25) is 11.8 Å². The van der Waals surface area contributed by atoms with Gasteiger partial charge in [0.05, 0.1) is 0 Å². The van der Waals surface area contributed by atoms with Gasteiger partial charge in [-0.15, -0.1) is 0 Å². The van der Waals surface area contributed by atoms with Crippen LogP contribution >= 0.6 is 0 Å². The minimum atomic E-state index is -0.208. The molecule has 0 saturated heterocycles. The van der Waals surface area contributed by atoms with Crippen LogP contribution in [-0.2, 0) is 9.59 Å². The average Bonchev–Trinajstić information content (AvgIpc) is 3.44. The molecule has 1 aromatic heterocycles. The number of nitrogens with zero attached hydrogens (tertiary/aromatic N) is 3. The van der Waals surface area contributed by atoms with Crippen molar-refractivity contribution < 1.29 is 9.59 Å². The quantitative estimate of drug-likeness (QED) is 0.783. The first kappa shape index (κ1) is 16.7. The molecular weight excluding hydrogens is 306 g/mol. The number of hydrogen-bond acceptors (Lipinski definition) is 4. The molecular formula is C17H27N5O2. The first-order chi connectivity index (χ1) is 11.2. The van der Waals surface area contributed by atoms with Crippen molar-refractivity contribution in [2.45, 2.75) is 39.5 Å². The summed E-state index contributed by atoms with van der Waals surface area (Å²) in [7, 11) is 5.36. The van der Waals surface area contributed by atoms with Crippen LogP contribution in [0.4, 0.5) is 11.6 Å². The minimum Gasteiger partial charge on any atom is -0.326 e. The largest absolute Gasteiger partial charge is 0.326 e. The van der Waals surface area contributed by atoms with Crippen LogP contribution in [0.2, 0.25) is 0 Å². The smallest absolute Gasteiger partial charge is 0.246 e. The maximum Gasteiger partial charge on any atom is 0.246 e. The number of hydrogen-bond donors (Lipinski definition) is 2. The molecule has 132 valence electrons. The number of H-pyrrole nitrogens is 1. The summed E-state index contributed by atoms with van der Waals surface area (Å²) in [6.45, 7) is 3.99. The summed E-state index contributed by atoms with van der Waals surface area (Å²) < 4.78 is 0. The first-order valence-corrected chi connectivity index (χ1v) is 8.42. The summed E-state index contributed by atoms with van der Waals surface area (Å²) >= 11 is 0. The molecule has 0 radical (unpaired) electrons. The lowest BCUT2D eigenvalue weighted by Crippen LogP contribution is -2.44. The van der Waals surface area contributed by atoms with Gasteiger partial charge in [0.1, 0.15) is 11.6 Å². The minimum absolute atomic E-state index is 0.0981. The zero-order valence-corrected chi connectivity index (χ0v) is 15.1. The fraction of sp³-hybridized carbons (Fsp3) is 0.647. The molecule has 0 aliphatic heterocycles. The van der Waals surface area contributed by atoms with Gasteiger partial charge in [0.15, 0.2) is 0 Å². The number of anilines is 2. The zero-order chi connectivity index (χ0) is 17.7. The molecule has 0 bridgehead atoms. The van der Waals surface area contributed by atoms with Gasteiger partial charge in [-0.05, 0) is 37.8 Å². The van der Waals surface area contributed by atoms with Gasteiger partial charge in [0, 0.05) is 32.0 Å². The predicted molar refractivity (Wildman–Crippen MR) is 93.0 cm³/mol. The third-order valence-electron chi connectivity index (χ3n) is 5.39. The molecule has 7 heteroatoms. The number of carbonyl (C=O) groups is 2. The SMILES string of the molecule is CN(Nc1ccc(N(C)N(C)C(=O)C2(C)CC2)[nH]1)C(=O)C1(C)CC1. The summed E-state index contributed by atoms with van der Waals surface area (Å²) in [4.78, 5) is 27.9. The van der Waals surface area contributed by atoms with Crippen LogP contribution in [0.25, 0.3) is 0 Å². The Morgan fingerprint density at radius 1 is 1.00 bits per heavy atom. The van der Waals surface area contributed by atoms with Gasteiger partial charge >= 0.3 is 0 Å². The number of amides is 2. The third kappa shape index (κ3) is 2.95. The second-order valence-corrected chi connectivity index (χ2v) is 7.71. The average molecular weight is 333 g/mol. The monoisotopic (exact) mass is 333 g/mol. The Bertz CT molecular complexity index is 660. The van der Waals surface area contributed by atoms with Crippen molar-refractivity contribution in [3.8, 4) is 0 Å². The van der Waals surface area contributed by atoms with Gasteiger partial charge < -0.3 is 4.98 Å². The Labute approximate surface area is 142 Å². The second kappa shape index (κ2) is 5.43. The molecule has 24 heavy (non-hydrogen) atoms. The third-order valence-corrected chi connectivity index (χ3v) is 5.39. The molecule has 7 nitrogen and oxygen atoms in total. The van der Waals surface area contributed by atoms with E-state index in [1.165, 1.54) is 5.01 Å². The van der Waals surface area contributed by atoms with Crippen molar-refractivity contribution >= 4 is 23.5 Å². The Morgan fingerprint density at radius 3 is 2.08 bits per heavy atom. The van der Waals surface area contributed by atoms with Gasteiger partial charge in [-0.3, -0.25) is 30.0 Å². The Hall–Kier alpha value is -2.18. The topological polar surface area (TPSA) is 71.7 Å². The van der Waals surface area contributed by atoms with Crippen LogP contribution < -0.4 is 10.4 Å². The Morgan fingerprint density at radius 2 is 1.54 bits per heavy atom. The first-order valence-electron chi connectivity index (χ1n) is 8.42. The van der Waals surface area contributed by atoms with Crippen LogP contribution in [0.1, 0.15) is 39.5 Å². The van der Waals surface area contributed by atoms with E-state index < -0.39 is 0 Å². The molecule has 3 rings (SSSR count). The highest BCUT2D eigenvalue weighted by molar-refractivity contribution is 5.86. The number of hydrazine groups is 2. The van der Waals surface area contributed by atoms with Gasteiger partial charge in [-0.1, -0.05) is 13.8 Å². The van der Waals surface area contributed by atoms with Crippen LogP contribution in [-0.4, -0.2) is 48.0 Å². The molecule has 1 aromatic rings. The predicted octanol–water partition coefficient (Wildman–Crippen LogP) is 2.21. The Balaban J connectivity index is 1.62. The molecule has 2 saturated carbocycles. The molecule has 0 aromatic carbocycles. The summed E-state index contributed by atoms with van der Waals surface area (Å²) in [5.41, 5.74) is 2.66. The van der Waals surface area contributed by atoms with Crippen molar-refractivity contribution in [3.63, 3.8) is 0 Å². The van der Waals surface area contributed by atoms with Crippen molar-refractivity contribution in [1.82, 2.24) is 15.0 Å². The van der Waals surface area contributed by atoms with Crippen LogP contribution in [0.15, 0.2) is 12.1 Å². The highest BCUT2D eigenvalue weighted by Gasteiger charge is 2.48. The van der Waals surface area contributed by atoms with E-state index in [1.54, 1.807) is 24.1 Å². The van der Waals surface area contributed by atoms with Gasteiger partial charge in [0.25, 0.3) is 0 Å². The molecule has 0 atom stereocenters. The van der Waals surface area contributed by atoms with Crippen LogP contribution in [0.5, 0.6) is 0 Å². The molecule has 2 fully saturated rings. The van der Waals surface area contributed by atoms with Crippen molar-refractivity contribution in [3.05, 3.63) is 12.1 Å². The normalized spacial score (nSPS) is 19.4. The standard InChI is InChI=1S/C17H27N5O2/c1-16(8-9-16)14(23)20(3)19-12-6-7-13(18-12)21(4)22(5)15(24)17(2)10-11-17/h6-7,18-19H,8-11H2,1-5H3. The summed E-state index contributed by atoms with van der Waals surface area (Å²) in [6, 6.07) is 3.75. The lowest BCUT2D eigenvalue weighted by atomic mass is 10.1. The fourth-order valence-corrected chi connectivity index (χ4v) is 2.77. The zero-order valence-electron chi connectivity index (χ0n) is 15.1. The van der Waals surface area contributed by atoms with E-state index >= 15 is 0 Å². The maximum atomic E-state index is 12.4. The summed E-state index contributed by atoms with van der Waals surface area (Å²) in [5, 5.41) is 4.96. The number of nitrogens with one attached hydrogen (secondary N) is 2. The number of rotatable bonds is 6. The molecule has 2 aliphatic carbocycles. The van der Waals surface area contributed by atoms with E-state index in [4.69, 9.17) is 0 Å². The molecule has 2 amide bonds. The molecule has 0 unspecified atom stereocenters. The molecule has 1 heterocycles. The van der Waals surface area contributed by atoms with Crippen molar-refractivity contribution in [2.75, 3.05) is 31.6 Å². The van der Waals surface area contributed by atoms with E-state index in [1.807, 2.05) is 33.0 Å². The maximum absolute atomic E-state index is 12.4. The lowest BCUT2D eigenvalue weighted by Gasteiger charge is -2.31. The van der Waals surface area contributed by atoms with E-state index in [2.05, 4.69) is 10.4 Å². The number of carbonyl (C=O) groups excluding carboxylic acids is 2. The Kier molecular flexibility index (Phi) is 3.77. The summed E-state index contributed by atoms with van der Waals surface area (Å²) in [5.74, 6) is 1.73. The van der Waals surface area contributed by atoms with E-state index in [0.717, 1.165) is 37.3 Å². The molecule has 2 aliphatic rings. The van der Waals surface area contributed by atoms with Crippen LogP contribution in [0.3, 0.4) is 0 Å². The second-order valence-electron chi connectivity index (χ2n) is 7.71.